The molecule has 8 heteroatoms. The van der Waals surface area contributed by atoms with Crippen molar-refractivity contribution in [1.29, 1.82) is 0 Å². The van der Waals surface area contributed by atoms with Crippen LogP contribution in [0, 0.1) is 12.7 Å². The minimum absolute atomic E-state index is 0.241. The van der Waals surface area contributed by atoms with Crippen LogP contribution in [-0.2, 0) is 0 Å². The normalized spacial score (nSPS) is 10.8. The Hall–Kier alpha value is -2.80. The number of carbonyl (C=O) groups excluding carboxylic acids is 1. The lowest BCUT2D eigenvalue weighted by Gasteiger charge is -2.11. The van der Waals surface area contributed by atoms with Crippen LogP contribution in [0.15, 0.2) is 36.4 Å². The first-order valence-electron chi connectivity index (χ1n) is 8.13. The first-order valence-corrected chi connectivity index (χ1v) is 8.51. The van der Waals surface area contributed by atoms with Crippen molar-refractivity contribution >= 4 is 17.5 Å². The average Bonchev–Trinajstić information content (AvgIpc) is 3.05. The summed E-state index contributed by atoms with van der Waals surface area (Å²) >= 11 is 5.84. The molecule has 3 rings (SSSR count). The van der Waals surface area contributed by atoms with Gasteiger partial charge in [0.2, 0.25) is 0 Å². The Morgan fingerprint density at radius 2 is 2.08 bits per heavy atom. The average molecular weight is 374 g/mol. The third kappa shape index (κ3) is 3.72. The molecule has 0 unspecified atom stereocenters. The van der Waals surface area contributed by atoms with Crippen LogP contribution in [0.1, 0.15) is 29.5 Å². The third-order valence-corrected chi connectivity index (χ3v) is 4.06. The minimum Gasteiger partial charge on any atom is -0.352 e. The van der Waals surface area contributed by atoms with Gasteiger partial charge in [-0.25, -0.2) is 4.39 Å². The molecule has 0 spiro atoms. The number of tetrazole rings is 1. The Bertz CT molecular complexity index is 957. The summed E-state index contributed by atoms with van der Waals surface area (Å²) in [6.45, 7) is 4.26. The third-order valence-electron chi connectivity index (χ3n) is 3.83. The summed E-state index contributed by atoms with van der Waals surface area (Å²) in [5.41, 5.74) is 1.84. The zero-order valence-electron chi connectivity index (χ0n) is 14.3. The number of hydrogen-bond donors (Lipinski definition) is 1. The van der Waals surface area contributed by atoms with Gasteiger partial charge in [-0.05, 0) is 65.7 Å². The van der Waals surface area contributed by atoms with E-state index < -0.39 is 5.82 Å². The van der Waals surface area contributed by atoms with Crippen LogP contribution < -0.4 is 5.32 Å². The fourth-order valence-electron chi connectivity index (χ4n) is 2.55. The molecule has 0 aliphatic heterocycles. The maximum atomic E-state index is 14.4. The summed E-state index contributed by atoms with van der Waals surface area (Å²) in [7, 11) is 0. The summed E-state index contributed by atoms with van der Waals surface area (Å²) in [4.78, 5) is 12.4. The molecule has 0 saturated carbocycles. The van der Waals surface area contributed by atoms with Gasteiger partial charge in [0.25, 0.3) is 5.91 Å². The topological polar surface area (TPSA) is 72.7 Å². The van der Waals surface area contributed by atoms with E-state index in [1.54, 1.807) is 37.3 Å². The molecule has 0 bridgehead atoms. The van der Waals surface area contributed by atoms with Gasteiger partial charge < -0.3 is 5.32 Å². The molecule has 6 nitrogen and oxygen atoms in total. The Morgan fingerprint density at radius 1 is 1.27 bits per heavy atom. The van der Waals surface area contributed by atoms with Crippen molar-refractivity contribution in [3.63, 3.8) is 0 Å². The summed E-state index contributed by atoms with van der Waals surface area (Å²) in [6, 6.07) is 9.46. The van der Waals surface area contributed by atoms with Gasteiger partial charge in [0.15, 0.2) is 5.82 Å². The number of nitrogens with one attached hydrogen (secondary N) is 1. The zero-order chi connectivity index (χ0) is 18.7. The van der Waals surface area contributed by atoms with Gasteiger partial charge in [-0.15, -0.1) is 5.10 Å². The molecule has 134 valence electrons. The molecule has 0 saturated heterocycles. The molecular formula is C18H17ClFN5O. The first kappa shape index (κ1) is 18.0. The van der Waals surface area contributed by atoms with Crippen LogP contribution in [0.25, 0.3) is 16.8 Å². The van der Waals surface area contributed by atoms with E-state index in [9.17, 15) is 9.18 Å². The van der Waals surface area contributed by atoms with Crippen LogP contribution in [0.3, 0.4) is 0 Å². The van der Waals surface area contributed by atoms with Crippen molar-refractivity contribution in [3.8, 4) is 16.8 Å². The second-order valence-electron chi connectivity index (χ2n) is 5.79. The fourth-order valence-corrected chi connectivity index (χ4v) is 2.71. The molecule has 0 atom stereocenters. The van der Waals surface area contributed by atoms with E-state index in [1.165, 1.54) is 10.7 Å². The van der Waals surface area contributed by atoms with Crippen molar-refractivity contribution in [2.45, 2.75) is 20.3 Å². The van der Waals surface area contributed by atoms with E-state index in [0.29, 0.717) is 39.8 Å². The maximum absolute atomic E-state index is 14.4. The van der Waals surface area contributed by atoms with Gasteiger partial charge in [-0.3, -0.25) is 4.79 Å². The van der Waals surface area contributed by atoms with E-state index in [0.717, 1.165) is 6.42 Å². The highest BCUT2D eigenvalue weighted by atomic mass is 35.5. The number of rotatable bonds is 5. The number of amides is 1. The van der Waals surface area contributed by atoms with Crippen molar-refractivity contribution in [1.82, 2.24) is 25.5 Å². The summed E-state index contributed by atoms with van der Waals surface area (Å²) in [6.07, 6.45) is 0.816. The van der Waals surface area contributed by atoms with Gasteiger partial charge in [0, 0.05) is 22.7 Å². The number of hydrogen-bond acceptors (Lipinski definition) is 4. The molecule has 3 aromatic rings. The van der Waals surface area contributed by atoms with Gasteiger partial charge in [0.1, 0.15) is 5.82 Å². The van der Waals surface area contributed by atoms with E-state index in [4.69, 9.17) is 11.6 Å². The smallest absolute Gasteiger partial charge is 0.251 e. The monoisotopic (exact) mass is 373 g/mol. The highest BCUT2D eigenvalue weighted by Gasteiger charge is 2.15. The lowest BCUT2D eigenvalue weighted by atomic mass is 10.0. The van der Waals surface area contributed by atoms with Gasteiger partial charge in [-0.2, -0.15) is 4.68 Å². The molecule has 0 radical (unpaired) electrons. The molecule has 0 aliphatic rings. The quantitative estimate of drug-likeness (QED) is 0.742. The number of nitrogens with zero attached hydrogens (tertiary/aromatic N) is 4. The second-order valence-corrected chi connectivity index (χ2v) is 6.22. The van der Waals surface area contributed by atoms with Gasteiger partial charge >= 0.3 is 0 Å². The number of halogens is 2. The SMILES string of the molecule is CCCNC(=O)c1cc(-c2ccc(Cl)cc2F)cc(-n2nnnc2C)c1. The Kier molecular flexibility index (Phi) is 5.27. The van der Waals surface area contributed by atoms with Crippen LogP contribution >= 0.6 is 11.6 Å². The van der Waals surface area contributed by atoms with Gasteiger partial charge in [-0.1, -0.05) is 18.5 Å². The molecule has 0 aliphatic carbocycles. The maximum Gasteiger partial charge on any atom is 0.251 e. The van der Waals surface area contributed by atoms with E-state index in [-0.39, 0.29) is 5.91 Å². The highest BCUT2D eigenvalue weighted by molar-refractivity contribution is 6.30. The van der Waals surface area contributed by atoms with Crippen LogP contribution in [0.2, 0.25) is 5.02 Å². The predicted octanol–water partition coefficient (Wildman–Crippen LogP) is 3.57. The molecular weight excluding hydrogens is 357 g/mol. The molecule has 26 heavy (non-hydrogen) atoms. The summed E-state index contributed by atoms with van der Waals surface area (Å²) < 4.78 is 15.9. The molecule has 1 aromatic heterocycles. The zero-order valence-corrected chi connectivity index (χ0v) is 15.1. The van der Waals surface area contributed by atoms with Crippen LogP contribution in [-0.4, -0.2) is 32.7 Å². The predicted molar refractivity (Wildman–Crippen MR) is 96.9 cm³/mol. The van der Waals surface area contributed by atoms with Crippen molar-refractivity contribution in [2.75, 3.05) is 6.54 Å². The fraction of sp³-hybridized carbons (Fsp3) is 0.222. The van der Waals surface area contributed by atoms with Gasteiger partial charge in [0.05, 0.1) is 5.69 Å². The molecule has 2 aromatic carbocycles. The second kappa shape index (κ2) is 7.61. The highest BCUT2D eigenvalue weighted by Crippen LogP contribution is 2.28. The molecule has 1 heterocycles. The summed E-state index contributed by atoms with van der Waals surface area (Å²) in [5.74, 6) is -0.156. The lowest BCUT2D eigenvalue weighted by molar-refractivity contribution is 0.0953. The van der Waals surface area contributed by atoms with Crippen molar-refractivity contribution in [3.05, 3.63) is 58.6 Å². The number of carbonyl (C=O) groups is 1. The largest absolute Gasteiger partial charge is 0.352 e. The Morgan fingerprint density at radius 3 is 2.73 bits per heavy atom. The molecule has 0 fully saturated rings. The lowest BCUT2D eigenvalue weighted by Crippen LogP contribution is -2.24. The molecule has 1 amide bonds. The standard InChI is InChI=1S/C18H17ClFN5O/c1-3-6-21-18(26)13-7-12(16-5-4-14(19)10-17(16)20)8-15(9-13)25-11(2)22-23-24-25/h4-5,7-10H,3,6H2,1-2H3,(H,21,26). The minimum atomic E-state index is -0.469. The van der Waals surface area contributed by atoms with Crippen LogP contribution in [0.4, 0.5) is 4.39 Å². The number of aromatic nitrogens is 4. The first-order chi connectivity index (χ1) is 12.5. The van der Waals surface area contributed by atoms with E-state index in [1.807, 2.05) is 6.92 Å². The Labute approximate surface area is 155 Å². The number of benzene rings is 2. The summed E-state index contributed by atoms with van der Waals surface area (Å²) in [5, 5.41) is 14.5. The van der Waals surface area contributed by atoms with E-state index in [2.05, 4.69) is 20.8 Å². The Balaban J connectivity index is 2.14. The van der Waals surface area contributed by atoms with Crippen molar-refractivity contribution in [2.24, 2.45) is 0 Å². The van der Waals surface area contributed by atoms with Crippen LogP contribution in [0.5, 0.6) is 0 Å². The molecule has 1 N–H and O–H groups in total. The van der Waals surface area contributed by atoms with Crippen molar-refractivity contribution < 1.29 is 9.18 Å². The number of aryl methyl sites for hydroxylation is 1. The van der Waals surface area contributed by atoms with E-state index >= 15 is 0 Å².